The molecule has 0 bridgehead atoms. The second kappa shape index (κ2) is 4.49. The highest BCUT2D eigenvalue weighted by Gasteiger charge is 2.15. The van der Waals surface area contributed by atoms with Crippen molar-refractivity contribution in [2.75, 3.05) is 0 Å². The summed E-state index contributed by atoms with van der Waals surface area (Å²) < 4.78 is 6.09. The zero-order valence-electron chi connectivity index (χ0n) is 12.2. The molecule has 1 aromatic heterocycles. The molecule has 1 nitrogen and oxygen atoms in total. The van der Waals surface area contributed by atoms with Crippen LogP contribution in [0.3, 0.4) is 0 Å². The van der Waals surface area contributed by atoms with Gasteiger partial charge in [0.25, 0.3) is 0 Å². The van der Waals surface area contributed by atoms with E-state index in [1.54, 1.807) is 0 Å². The molecule has 0 radical (unpaired) electrons. The second-order valence-electron chi connectivity index (χ2n) is 5.50. The van der Waals surface area contributed by atoms with Crippen LogP contribution in [0.4, 0.5) is 0 Å². The molecule has 0 saturated carbocycles. The van der Waals surface area contributed by atoms with Crippen molar-refractivity contribution < 1.29 is 4.42 Å². The van der Waals surface area contributed by atoms with E-state index in [2.05, 4.69) is 61.5 Å². The Morgan fingerprint density at radius 1 is 0.810 bits per heavy atom. The van der Waals surface area contributed by atoms with Crippen LogP contribution >= 0.6 is 0 Å². The smallest absolute Gasteiger partial charge is 0.143 e. The van der Waals surface area contributed by atoms with Gasteiger partial charge in [-0.3, -0.25) is 0 Å². The highest BCUT2D eigenvalue weighted by Crippen LogP contribution is 2.38. The molecule has 0 aliphatic heterocycles. The van der Waals surface area contributed by atoms with E-state index in [1.807, 2.05) is 13.0 Å². The van der Waals surface area contributed by atoms with Gasteiger partial charge in [0.1, 0.15) is 11.3 Å². The SMILES string of the molecule is Cc1oc2c(-c3ccccc3)cc3ccccc3c2c1C. The molecular weight excluding hydrogens is 256 g/mol. The monoisotopic (exact) mass is 272 g/mol. The van der Waals surface area contributed by atoms with Crippen molar-refractivity contribution in [2.24, 2.45) is 0 Å². The molecule has 102 valence electrons. The Balaban J connectivity index is 2.22. The van der Waals surface area contributed by atoms with Crippen molar-refractivity contribution in [3.8, 4) is 11.1 Å². The molecule has 0 atom stereocenters. The summed E-state index contributed by atoms with van der Waals surface area (Å²) in [5, 5.41) is 3.76. The molecule has 0 saturated heterocycles. The van der Waals surface area contributed by atoms with Crippen molar-refractivity contribution >= 4 is 21.7 Å². The first kappa shape index (κ1) is 12.2. The normalized spacial score (nSPS) is 11.3. The lowest BCUT2D eigenvalue weighted by Crippen LogP contribution is -1.82. The van der Waals surface area contributed by atoms with Gasteiger partial charge in [0.15, 0.2) is 0 Å². The van der Waals surface area contributed by atoms with Crippen LogP contribution in [0, 0.1) is 13.8 Å². The maximum atomic E-state index is 6.09. The zero-order chi connectivity index (χ0) is 14.4. The van der Waals surface area contributed by atoms with E-state index in [4.69, 9.17) is 4.42 Å². The molecule has 0 aliphatic rings. The van der Waals surface area contributed by atoms with Crippen LogP contribution in [-0.2, 0) is 0 Å². The van der Waals surface area contributed by atoms with Gasteiger partial charge in [-0.05, 0) is 41.8 Å². The Labute approximate surface area is 123 Å². The van der Waals surface area contributed by atoms with Crippen molar-refractivity contribution in [3.05, 3.63) is 72.0 Å². The fourth-order valence-corrected chi connectivity index (χ4v) is 3.04. The molecule has 1 heterocycles. The summed E-state index contributed by atoms with van der Waals surface area (Å²) in [5.41, 5.74) is 4.59. The maximum Gasteiger partial charge on any atom is 0.143 e. The van der Waals surface area contributed by atoms with Gasteiger partial charge in [-0.25, -0.2) is 0 Å². The van der Waals surface area contributed by atoms with E-state index in [9.17, 15) is 0 Å². The third kappa shape index (κ3) is 1.78. The average Bonchev–Trinajstić information content (AvgIpc) is 2.83. The first-order valence-corrected chi connectivity index (χ1v) is 7.22. The van der Waals surface area contributed by atoms with E-state index in [1.165, 1.54) is 32.8 Å². The minimum Gasteiger partial charge on any atom is -0.460 e. The molecule has 0 amide bonds. The lowest BCUT2D eigenvalue weighted by Gasteiger charge is -2.07. The highest BCUT2D eigenvalue weighted by atomic mass is 16.3. The third-order valence-corrected chi connectivity index (χ3v) is 4.24. The molecule has 0 fully saturated rings. The zero-order valence-corrected chi connectivity index (χ0v) is 12.2. The first-order chi connectivity index (χ1) is 10.3. The molecule has 0 aliphatic carbocycles. The fourth-order valence-electron chi connectivity index (χ4n) is 3.04. The molecule has 0 spiro atoms. The van der Waals surface area contributed by atoms with Crippen molar-refractivity contribution in [3.63, 3.8) is 0 Å². The van der Waals surface area contributed by atoms with Gasteiger partial charge in [-0.15, -0.1) is 0 Å². The number of furan rings is 1. The second-order valence-corrected chi connectivity index (χ2v) is 5.50. The summed E-state index contributed by atoms with van der Waals surface area (Å²) >= 11 is 0. The quantitative estimate of drug-likeness (QED) is 0.422. The average molecular weight is 272 g/mol. The van der Waals surface area contributed by atoms with Gasteiger partial charge >= 0.3 is 0 Å². The van der Waals surface area contributed by atoms with Crippen molar-refractivity contribution in [2.45, 2.75) is 13.8 Å². The van der Waals surface area contributed by atoms with Crippen LogP contribution in [0.1, 0.15) is 11.3 Å². The molecule has 0 unspecified atom stereocenters. The molecule has 3 aromatic carbocycles. The number of hydrogen-bond acceptors (Lipinski definition) is 1. The summed E-state index contributed by atoms with van der Waals surface area (Å²) in [4.78, 5) is 0. The van der Waals surface area contributed by atoms with Gasteiger partial charge in [0.2, 0.25) is 0 Å². The van der Waals surface area contributed by atoms with E-state index in [0.717, 1.165) is 11.3 Å². The Morgan fingerprint density at radius 2 is 1.52 bits per heavy atom. The van der Waals surface area contributed by atoms with Crippen LogP contribution in [0.15, 0.2) is 65.1 Å². The molecule has 4 aromatic rings. The predicted molar refractivity (Wildman–Crippen MR) is 88.6 cm³/mol. The minimum atomic E-state index is 0.995. The first-order valence-electron chi connectivity index (χ1n) is 7.22. The number of rotatable bonds is 1. The van der Waals surface area contributed by atoms with Crippen molar-refractivity contribution in [1.29, 1.82) is 0 Å². The van der Waals surface area contributed by atoms with Crippen LogP contribution in [0.2, 0.25) is 0 Å². The molecule has 1 heteroatoms. The van der Waals surface area contributed by atoms with E-state index >= 15 is 0 Å². The van der Waals surface area contributed by atoms with Gasteiger partial charge in [-0.2, -0.15) is 0 Å². The molecule has 4 rings (SSSR count). The predicted octanol–water partition coefficient (Wildman–Crippen LogP) is 5.87. The Bertz CT molecular complexity index is 946. The van der Waals surface area contributed by atoms with Gasteiger partial charge in [0.05, 0.1) is 0 Å². The lowest BCUT2D eigenvalue weighted by molar-refractivity contribution is 0.576. The van der Waals surface area contributed by atoms with Crippen LogP contribution in [0.5, 0.6) is 0 Å². The van der Waals surface area contributed by atoms with E-state index < -0.39 is 0 Å². The lowest BCUT2D eigenvalue weighted by atomic mass is 9.96. The summed E-state index contributed by atoms with van der Waals surface area (Å²) in [6, 6.07) is 21.2. The summed E-state index contributed by atoms with van der Waals surface area (Å²) in [6.45, 7) is 4.18. The van der Waals surface area contributed by atoms with Crippen LogP contribution in [0.25, 0.3) is 32.9 Å². The van der Waals surface area contributed by atoms with Gasteiger partial charge in [-0.1, -0.05) is 54.6 Å². The maximum absolute atomic E-state index is 6.09. The van der Waals surface area contributed by atoms with Gasteiger partial charge < -0.3 is 4.42 Å². The number of benzene rings is 3. The van der Waals surface area contributed by atoms with E-state index in [0.29, 0.717) is 0 Å². The number of hydrogen-bond donors (Lipinski definition) is 0. The molecule has 0 N–H and O–H groups in total. The van der Waals surface area contributed by atoms with E-state index in [-0.39, 0.29) is 0 Å². The third-order valence-electron chi connectivity index (χ3n) is 4.24. The Hall–Kier alpha value is -2.54. The summed E-state index contributed by atoms with van der Waals surface area (Å²) in [7, 11) is 0. The number of aryl methyl sites for hydroxylation is 2. The summed E-state index contributed by atoms with van der Waals surface area (Å²) in [5.74, 6) is 0.999. The largest absolute Gasteiger partial charge is 0.460 e. The molecular formula is C20H16O. The Morgan fingerprint density at radius 3 is 2.33 bits per heavy atom. The fraction of sp³-hybridized carbons (Fsp3) is 0.100. The van der Waals surface area contributed by atoms with Gasteiger partial charge in [0, 0.05) is 10.9 Å². The Kier molecular flexibility index (Phi) is 2.61. The number of fused-ring (bicyclic) bond motifs is 3. The van der Waals surface area contributed by atoms with Crippen molar-refractivity contribution in [1.82, 2.24) is 0 Å². The van der Waals surface area contributed by atoms with Crippen LogP contribution < -0.4 is 0 Å². The summed E-state index contributed by atoms with van der Waals surface area (Å²) in [6.07, 6.45) is 0. The van der Waals surface area contributed by atoms with Crippen LogP contribution in [-0.4, -0.2) is 0 Å². The molecule has 21 heavy (non-hydrogen) atoms. The highest BCUT2D eigenvalue weighted by molar-refractivity contribution is 6.13. The minimum absolute atomic E-state index is 0.995. The standard InChI is InChI=1S/C20H16O/c1-13-14(2)21-20-18(15-8-4-3-5-9-15)12-16-10-6-7-11-17(16)19(13)20/h3-12H,1-2H3. The topological polar surface area (TPSA) is 13.1 Å².